The second-order valence-electron chi connectivity index (χ2n) is 5.04. The maximum Gasteiger partial charge on any atom is 0.0410 e. The summed E-state index contributed by atoms with van der Waals surface area (Å²) >= 11 is 8.07. The molecule has 1 aliphatic heterocycles. The number of fused-ring (bicyclic) bond motifs is 1. The number of nitrogens with zero attached hydrogens (tertiary/aromatic N) is 1. The average Bonchev–Trinajstić information content (AvgIpc) is 2.49. The highest BCUT2D eigenvalue weighted by atomic mass is 35.5. The summed E-state index contributed by atoms with van der Waals surface area (Å²) in [6.07, 6.45) is 4.82. The van der Waals surface area contributed by atoms with E-state index in [2.05, 4.69) is 41.5 Å². The van der Waals surface area contributed by atoms with E-state index < -0.39 is 0 Å². The van der Waals surface area contributed by atoms with Crippen molar-refractivity contribution in [2.45, 2.75) is 30.3 Å². The van der Waals surface area contributed by atoms with Crippen molar-refractivity contribution in [1.82, 2.24) is 10.3 Å². The fourth-order valence-corrected chi connectivity index (χ4v) is 3.87. The molecule has 20 heavy (non-hydrogen) atoms. The van der Waals surface area contributed by atoms with Crippen molar-refractivity contribution in [3.63, 3.8) is 0 Å². The van der Waals surface area contributed by atoms with Crippen molar-refractivity contribution in [3.05, 3.63) is 58.9 Å². The number of hydrogen-bond donors (Lipinski definition) is 1. The van der Waals surface area contributed by atoms with Crippen LogP contribution in [0.4, 0.5) is 0 Å². The van der Waals surface area contributed by atoms with Crippen LogP contribution in [0, 0.1) is 0 Å². The summed E-state index contributed by atoms with van der Waals surface area (Å²) in [7, 11) is 0. The summed E-state index contributed by atoms with van der Waals surface area (Å²) in [4.78, 5) is 5.42. The third kappa shape index (κ3) is 3.00. The fourth-order valence-electron chi connectivity index (χ4n) is 2.59. The van der Waals surface area contributed by atoms with Gasteiger partial charge in [0.05, 0.1) is 0 Å². The first-order valence-electron chi connectivity index (χ1n) is 6.82. The summed E-state index contributed by atoms with van der Waals surface area (Å²) in [5.41, 5.74) is 2.59. The molecule has 0 spiro atoms. The van der Waals surface area contributed by atoms with Gasteiger partial charge in [0, 0.05) is 34.4 Å². The lowest BCUT2D eigenvalue weighted by Crippen LogP contribution is -2.27. The number of hydrogen-bond acceptors (Lipinski definition) is 3. The van der Waals surface area contributed by atoms with E-state index in [0.29, 0.717) is 12.1 Å². The number of rotatable bonds is 3. The molecule has 0 radical (unpaired) electrons. The number of benzene rings is 1. The number of pyridine rings is 1. The van der Waals surface area contributed by atoms with Crippen molar-refractivity contribution in [2.24, 2.45) is 0 Å². The van der Waals surface area contributed by atoms with Gasteiger partial charge >= 0.3 is 0 Å². The van der Waals surface area contributed by atoms with E-state index >= 15 is 0 Å². The van der Waals surface area contributed by atoms with Gasteiger partial charge in [-0.3, -0.25) is 4.98 Å². The van der Waals surface area contributed by atoms with Gasteiger partial charge in [0.25, 0.3) is 0 Å². The van der Waals surface area contributed by atoms with Crippen molar-refractivity contribution in [2.75, 3.05) is 5.75 Å². The second kappa shape index (κ2) is 6.17. The first-order chi connectivity index (χ1) is 9.74. The molecule has 1 aromatic heterocycles. The maximum absolute atomic E-state index is 6.15. The SMILES string of the molecule is C[C@@H](NC1CCSc2ccc(Cl)cc21)c1ccncc1. The molecule has 0 saturated carbocycles. The highest BCUT2D eigenvalue weighted by Crippen LogP contribution is 2.38. The first-order valence-corrected chi connectivity index (χ1v) is 8.18. The van der Waals surface area contributed by atoms with Gasteiger partial charge < -0.3 is 5.32 Å². The van der Waals surface area contributed by atoms with Gasteiger partial charge in [-0.05, 0) is 60.6 Å². The van der Waals surface area contributed by atoms with Crippen molar-refractivity contribution in [3.8, 4) is 0 Å². The van der Waals surface area contributed by atoms with Crippen molar-refractivity contribution < 1.29 is 0 Å². The molecule has 2 heterocycles. The molecule has 1 aliphatic rings. The molecule has 0 aliphatic carbocycles. The number of halogens is 1. The smallest absolute Gasteiger partial charge is 0.0410 e. The summed E-state index contributed by atoms with van der Waals surface area (Å²) in [6, 6.07) is 11.0. The molecule has 0 fully saturated rings. The predicted molar refractivity (Wildman–Crippen MR) is 85.3 cm³/mol. The Kier molecular flexibility index (Phi) is 4.29. The van der Waals surface area contributed by atoms with Gasteiger partial charge in [-0.1, -0.05) is 11.6 Å². The molecule has 1 unspecified atom stereocenters. The monoisotopic (exact) mass is 304 g/mol. The molecule has 104 valence electrons. The zero-order valence-corrected chi connectivity index (χ0v) is 12.9. The van der Waals surface area contributed by atoms with Crippen LogP contribution in [0.15, 0.2) is 47.6 Å². The van der Waals surface area contributed by atoms with Crippen LogP contribution in [-0.4, -0.2) is 10.7 Å². The first kappa shape index (κ1) is 13.9. The molecule has 3 rings (SSSR count). The Bertz CT molecular complexity index is 588. The zero-order valence-electron chi connectivity index (χ0n) is 11.3. The van der Waals surface area contributed by atoms with Crippen molar-refractivity contribution >= 4 is 23.4 Å². The van der Waals surface area contributed by atoms with E-state index in [9.17, 15) is 0 Å². The maximum atomic E-state index is 6.15. The zero-order chi connectivity index (χ0) is 13.9. The minimum Gasteiger partial charge on any atom is -0.303 e. The molecule has 1 N–H and O–H groups in total. The summed E-state index contributed by atoms with van der Waals surface area (Å²) in [5.74, 6) is 1.15. The Balaban J connectivity index is 1.81. The van der Waals surface area contributed by atoms with E-state index in [-0.39, 0.29) is 0 Å². The number of nitrogens with one attached hydrogen (secondary N) is 1. The average molecular weight is 305 g/mol. The molecular formula is C16H17ClN2S. The van der Waals surface area contributed by atoms with E-state index in [1.807, 2.05) is 30.2 Å². The Hall–Kier alpha value is -1.03. The molecule has 4 heteroatoms. The Morgan fingerprint density at radius 2 is 2.10 bits per heavy atom. The quantitative estimate of drug-likeness (QED) is 0.895. The summed E-state index contributed by atoms with van der Waals surface area (Å²) < 4.78 is 0. The standard InChI is InChI=1S/C16H17ClN2S/c1-11(12-4-7-18-8-5-12)19-15-6-9-20-16-3-2-13(17)10-14(15)16/h2-5,7-8,10-11,15,19H,6,9H2,1H3/t11-,15?/m1/s1. The molecule has 2 atom stereocenters. The Morgan fingerprint density at radius 1 is 1.30 bits per heavy atom. The Morgan fingerprint density at radius 3 is 2.90 bits per heavy atom. The number of thioether (sulfide) groups is 1. The van der Waals surface area contributed by atoms with Crippen LogP contribution >= 0.6 is 23.4 Å². The summed E-state index contributed by atoms with van der Waals surface area (Å²) in [5, 5.41) is 4.53. The van der Waals surface area contributed by atoms with Gasteiger partial charge in [0.2, 0.25) is 0 Å². The van der Waals surface area contributed by atoms with E-state index in [0.717, 1.165) is 17.2 Å². The highest BCUT2D eigenvalue weighted by molar-refractivity contribution is 7.99. The molecular weight excluding hydrogens is 288 g/mol. The lowest BCUT2D eigenvalue weighted by atomic mass is 10.0. The molecule has 2 nitrogen and oxygen atoms in total. The van der Waals surface area contributed by atoms with Crippen molar-refractivity contribution in [1.29, 1.82) is 0 Å². The third-order valence-electron chi connectivity index (χ3n) is 3.67. The van der Waals surface area contributed by atoms with Crippen LogP contribution in [0.5, 0.6) is 0 Å². The lowest BCUT2D eigenvalue weighted by molar-refractivity contribution is 0.450. The van der Waals surface area contributed by atoms with Crippen LogP contribution in [0.2, 0.25) is 5.02 Å². The molecule has 0 bridgehead atoms. The van der Waals surface area contributed by atoms with Gasteiger partial charge in [0.1, 0.15) is 0 Å². The normalized spacial score (nSPS) is 19.4. The van der Waals surface area contributed by atoms with Crippen LogP contribution in [-0.2, 0) is 0 Å². The largest absolute Gasteiger partial charge is 0.303 e. The van der Waals surface area contributed by atoms with E-state index in [4.69, 9.17) is 11.6 Å². The number of aromatic nitrogens is 1. The van der Waals surface area contributed by atoms with E-state index in [1.165, 1.54) is 16.0 Å². The highest BCUT2D eigenvalue weighted by Gasteiger charge is 2.22. The molecule has 2 aromatic rings. The predicted octanol–water partition coefficient (Wildman–Crippen LogP) is 4.62. The second-order valence-corrected chi connectivity index (χ2v) is 6.61. The third-order valence-corrected chi connectivity index (χ3v) is 5.03. The van der Waals surface area contributed by atoms with E-state index in [1.54, 1.807) is 0 Å². The van der Waals surface area contributed by atoms with Crippen LogP contribution in [0.25, 0.3) is 0 Å². The fraction of sp³-hybridized carbons (Fsp3) is 0.312. The van der Waals surface area contributed by atoms with Gasteiger partial charge in [-0.15, -0.1) is 11.8 Å². The minimum absolute atomic E-state index is 0.304. The lowest BCUT2D eigenvalue weighted by Gasteiger charge is -2.29. The van der Waals surface area contributed by atoms with Crippen LogP contribution in [0.1, 0.15) is 36.6 Å². The van der Waals surface area contributed by atoms with Crippen LogP contribution in [0.3, 0.4) is 0 Å². The van der Waals surface area contributed by atoms with Gasteiger partial charge in [0.15, 0.2) is 0 Å². The molecule has 0 amide bonds. The van der Waals surface area contributed by atoms with Gasteiger partial charge in [-0.25, -0.2) is 0 Å². The molecule has 1 aromatic carbocycles. The summed E-state index contributed by atoms with van der Waals surface area (Å²) in [6.45, 7) is 2.20. The topological polar surface area (TPSA) is 24.9 Å². The van der Waals surface area contributed by atoms with Crippen LogP contribution < -0.4 is 5.32 Å². The van der Waals surface area contributed by atoms with Gasteiger partial charge in [-0.2, -0.15) is 0 Å². The Labute approximate surface area is 129 Å². The minimum atomic E-state index is 0.304. The molecule has 0 saturated heterocycles.